The lowest BCUT2D eigenvalue weighted by atomic mass is 10.2. The van der Waals surface area contributed by atoms with E-state index >= 15 is 0 Å². The predicted octanol–water partition coefficient (Wildman–Crippen LogP) is 2.76. The highest BCUT2D eigenvalue weighted by Crippen LogP contribution is 2.22. The Hall–Kier alpha value is -3.14. The summed E-state index contributed by atoms with van der Waals surface area (Å²) < 4.78 is 10.8. The van der Waals surface area contributed by atoms with Crippen molar-refractivity contribution >= 4 is 52.8 Å². The van der Waals surface area contributed by atoms with E-state index in [1.165, 1.54) is 6.21 Å². The predicted molar refractivity (Wildman–Crippen MR) is 125 cm³/mol. The van der Waals surface area contributed by atoms with Crippen LogP contribution in [0.25, 0.3) is 0 Å². The summed E-state index contributed by atoms with van der Waals surface area (Å²) in [6, 6.07) is 11.3. The standard InChI is InChI=1S/C22H22Cl2N4O5/c23-15-8-16(24)10-17(9-15)27-20(29)13-33-18-5-3-14(4-6-18)11-26-28-22(31)21(30)25-12-19-2-1-7-32-19/h3-6,8-11,19H,1-2,7,12-13H2,(H,25,30)(H,27,29)(H,28,31)/b26-11-/t19-/m1/s1. The Kier molecular flexibility index (Phi) is 9.05. The Balaban J connectivity index is 1.39. The third-order valence-electron chi connectivity index (χ3n) is 4.50. The van der Waals surface area contributed by atoms with Crippen LogP contribution in [0.2, 0.25) is 10.0 Å². The first kappa shape index (κ1) is 24.5. The van der Waals surface area contributed by atoms with Gasteiger partial charge in [0.25, 0.3) is 5.91 Å². The molecule has 1 fully saturated rings. The Morgan fingerprint density at radius 2 is 1.82 bits per heavy atom. The summed E-state index contributed by atoms with van der Waals surface area (Å²) in [6.07, 6.45) is 3.14. The third-order valence-corrected chi connectivity index (χ3v) is 4.93. The van der Waals surface area contributed by atoms with E-state index in [1.54, 1.807) is 42.5 Å². The van der Waals surface area contributed by atoms with E-state index in [2.05, 4.69) is 21.2 Å². The van der Waals surface area contributed by atoms with Crippen LogP contribution in [0.4, 0.5) is 5.69 Å². The van der Waals surface area contributed by atoms with Crippen molar-refractivity contribution in [2.75, 3.05) is 25.1 Å². The minimum absolute atomic E-state index is 0.0487. The molecule has 33 heavy (non-hydrogen) atoms. The quantitative estimate of drug-likeness (QED) is 0.297. The first-order chi connectivity index (χ1) is 15.9. The van der Waals surface area contributed by atoms with Gasteiger partial charge in [0, 0.05) is 28.9 Å². The van der Waals surface area contributed by atoms with E-state index in [-0.39, 0.29) is 18.6 Å². The smallest absolute Gasteiger partial charge is 0.329 e. The topological polar surface area (TPSA) is 118 Å². The van der Waals surface area contributed by atoms with Gasteiger partial charge in [-0.1, -0.05) is 23.2 Å². The largest absolute Gasteiger partial charge is 0.484 e. The number of nitrogens with one attached hydrogen (secondary N) is 3. The lowest BCUT2D eigenvalue weighted by molar-refractivity contribution is -0.139. The molecule has 3 amide bonds. The van der Waals surface area contributed by atoms with Gasteiger partial charge in [0.1, 0.15) is 5.75 Å². The van der Waals surface area contributed by atoms with Crippen molar-refractivity contribution < 1.29 is 23.9 Å². The van der Waals surface area contributed by atoms with Crippen molar-refractivity contribution in [2.24, 2.45) is 5.10 Å². The monoisotopic (exact) mass is 492 g/mol. The molecule has 3 N–H and O–H groups in total. The molecule has 1 aliphatic heterocycles. The van der Waals surface area contributed by atoms with Gasteiger partial charge in [-0.2, -0.15) is 5.10 Å². The lowest BCUT2D eigenvalue weighted by Gasteiger charge is -2.09. The molecule has 0 bridgehead atoms. The molecule has 0 radical (unpaired) electrons. The van der Waals surface area contributed by atoms with Crippen LogP contribution in [0.5, 0.6) is 5.75 Å². The highest BCUT2D eigenvalue weighted by atomic mass is 35.5. The van der Waals surface area contributed by atoms with E-state index in [1.807, 2.05) is 0 Å². The second-order valence-electron chi connectivity index (χ2n) is 7.11. The summed E-state index contributed by atoms with van der Waals surface area (Å²) in [5, 5.41) is 9.74. The van der Waals surface area contributed by atoms with Gasteiger partial charge in [-0.05, 0) is 60.9 Å². The minimum Gasteiger partial charge on any atom is -0.484 e. The molecule has 2 aromatic rings. The molecule has 0 unspecified atom stereocenters. The second kappa shape index (κ2) is 12.2. The van der Waals surface area contributed by atoms with Crippen molar-refractivity contribution in [3.05, 3.63) is 58.1 Å². The zero-order chi connectivity index (χ0) is 23.6. The van der Waals surface area contributed by atoms with Crippen LogP contribution in [-0.2, 0) is 19.1 Å². The molecule has 0 saturated carbocycles. The van der Waals surface area contributed by atoms with Crippen LogP contribution in [0, 0.1) is 0 Å². The number of hydrogen-bond donors (Lipinski definition) is 3. The van der Waals surface area contributed by atoms with Crippen LogP contribution < -0.4 is 20.8 Å². The summed E-state index contributed by atoms with van der Waals surface area (Å²) >= 11 is 11.8. The maximum absolute atomic E-state index is 12.0. The molecule has 0 aliphatic carbocycles. The van der Waals surface area contributed by atoms with Crippen molar-refractivity contribution in [3.8, 4) is 5.75 Å². The van der Waals surface area contributed by atoms with Crippen LogP contribution in [0.3, 0.4) is 0 Å². The van der Waals surface area contributed by atoms with Crippen molar-refractivity contribution in [1.82, 2.24) is 10.7 Å². The first-order valence-corrected chi connectivity index (χ1v) is 10.9. The number of ether oxygens (including phenoxy) is 2. The Labute approximate surface area is 200 Å². The molecule has 3 rings (SSSR count). The van der Waals surface area contributed by atoms with E-state index in [0.717, 1.165) is 12.8 Å². The minimum atomic E-state index is -0.865. The Morgan fingerprint density at radius 1 is 1.09 bits per heavy atom. The van der Waals surface area contributed by atoms with Crippen molar-refractivity contribution in [1.29, 1.82) is 0 Å². The van der Waals surface area contributed by atoms with E-state index < -0.39 is 11.8 Å². The molecule has 1 heterocycles. The molecule has 0 spiro atoms. The van der Waals surface area contributed by atoms with E-state index in [0.29, 0.717) is 40.2 Å². The fourth-order valence-electron chi connectivity index (χ4n) is 2.93. The number of anilines is 1. The van der Waals surface area contributed by atoms with Gasteiger partial charge in [-0.15, -0.1) is 0 Å². The number of nitrogens with zero attached hydrogens (tertiary/aromatic N) is 1. The Bertz CT molecular complexity index is 1000. The molecule has 11 heteroatoms. The van der Waals surface area contributed by atoms with Gasteiger partial charge in [-0.25, -0.2) is 5.43 Å². The highest BCUT2D eigenvalue weighted by Gasteiger charge is 2.18. The molecule has 2 aromatic carbocycles. The maximum atomic E-state index is 12.0. The number of carbonyl (C=O) groups is 3. The van der Waals surface area contributed by atoms with Gasteiger partial charge in [0.2, 0.25) is 0 Å². The molecule has 1 atom stereocenters. The lowest BCUT2D eigenvalue weighted by Crippen LogP contribution is -2.41. The third kappa shape index (κ3) is 8.38. The van der Waals surface area contributed by atoms with Gasteiger partial charge in [-0.3, -0.25) is 14.4 Å². The summed E-state index contributed by atoms with van der Waals surface area (Å²) in [5.41, 5.74) is 3.29. The molecule has 9 nitrogen and oxygen atoms in total. The average molecular weight is 493 g/mol. The molecule has 1 aliphatic rings. The number of carbonyl (C=O) groups excluding carboxylic acids is 3. The fourth-order valence-corrected chi connectivity index (χ4v) is 3.46. The summed E-state index contributed by atoms with van der Waals surface area (Å²) in [4.78, 5) is 35.5. The number of benzene rings is 2. The van der Waals surface area contributed by atoms with Crippen LogP contribution in [0.15, 0.2) is 47.6 Å². The average Bonchev–Trinajstić information content (AvgIpc) is 3.30. The van der Waals surface area contributed by atoms with Crippen LogP contribution in [0.1, 0.15) is 18.4 Å². The number of amides is 3. The number of hydrogen-bond acceptors (Lipinski definition) is 6. The molecule has 174 valence electrons. The van der Waals surface area contributed by atoms with Crippen LogP contribution in [-0.4, -0.2) is 49.8 Å². The zero-order valence-electron chi connectivity index (χ0n) is 17.5. The SMILES string of the molecule is O=C(COc1ccc(/C=N\NC(=O)C(=O)NC[C@H]2CCCO2)cc1)Nc1cc(Cl)cc(Cl)c1. The normalized spacial score (nSPS) is 15.3. The second-order valence-corrected chi connectivity index (χ2v) is 7.98. The number of halogens is 2. The van der Waals surface area contributed by atoms with Gasteiger partial charge < -0.3 is 20.1 Å². The van der Waals surface area contributed by atoms with E-state index in [4.69, 9.17) is 32.7 Å². The molecular formula is C22H22Cl2N4O5. The van der Waals surface area contributed by atoms with Crippen molar-refractivity contribution in [2.45, 2.75) is 18.9 Å². The van der Waals surface area contributed by atoms with Crippen molar-refractivity contribution in [3.63, 3.8) is 0 Å². The van der Waals surface area contributed by atoms with Gasteiger partial charge >= 0.3 is 11.8 Å². The fraction of sp³-hybridized carbons (Fsp3) is 0.273. The molecule has 0 aromatic heterocycles. The van der Waals surface area contributed by atoms with E-state index in [9.17, 15) is 14.4 Å². The number of hydrazone groups is 1. The summed E-state index contributed by atoms with van der Waals surface area (Å²) in [5.74, 6) is -1.55. The molecule has 1 saturated heterocycles. The summed E-state index contributed by atoms with van der Waals surface area (Å²) in [7, 11) is 0. The maximum Gasteiger partial charge on any atom is 0.329 e. The highest BCUT2D eigenvalue weighted by molar-refractivity contribution is 6.35. The first-order valence-electron chi connectivity index (χ1n) is 10.1. The van der Waals surface area contributed by atoms with Gasteiger partial charge in [0.15, 0.2) is 6.61 Å². The number of rotatable bonds is 8. The zero-order valence-corrected chi connectivity index (χ0v) is 19.0. The Morgan fingerprint density at radius 3 is 2.48 bits per heavy atom. The van der Waals surface area contributed by atoms with Crippen LogP contribution >= 0.6 is 23.2 Å². The van der Waals surface area contributed by atoms with Gasteiger partial charge in [0.05, 0.1) is 12.3 Å². The molecular weight excluding hydrogens is 471 g/mol. The summed E-state index contributed by atoms with van der Waals surface area (Å²) in [6.45, 7) is 0.753.